The van der Waals surface area contributed by atoms with Gasteiger partial charge in [0, 0.05) is 24.9 Å². The lowest BCUT2D eigenvalue weighted by molar-refractivity contribution is -0.145. The number of carboxylic acids is 1. The van der Waals surface area contributed by atoms with Crippen molar-refractivity contribution in [3.8, 4) is 0 Å². The van der Waals surface area contributed by atoms with Crippen molar-refractivity contribution in [1.29, 1.82) is 0 Å². The SMILES string of the molecule is CC[C@H](C)[C@H](NC(=O)[C@H](CO)NC(=O)[C@H](CC(N)=O)NC(=O)[C@H](CCCN=C(N)N)NC(=O)[C@H](CO)NC(=O)[C@@H](N)Cc1cnc[nH]1)C(=O)N[C@H](C(=O)N[C@@H](CC(C)C)C(=O)N[C@H](C(=O)N[C@@H](CC(N)=O)C(=O)N[C@@H](CC(C)C)C(=O)N[C@H](C(=O)O)[C@@H](C)O)[C@@H](C)O)[C@@H](C)O. The van der Waals surface area contributed by atoms with Crippen molar-refractivity contribution in [3.63, 3.8) is 0 Å². The Balaban J connectivity index is 3.45. The van der Waals surface area contributed by atoms with Gasteiger partial charge in [0.05, 0.1) is 56.7 Å². The Morgan fingerprint density at radius 1 is 0.484 bits per heavy atom. The molecular formula is C56H97N19O20. The molecule has 0 radical (unpaired) electrons. The second-order valence-corrected chi connectivity index (χ2v) is 23.6. The molecule has 1 aromatic heterocycles. The minimum Gasteiger partial charge on any atom is -0.480 e. The van der Waals surface area contributed by atoms with E-state index in [-0.39, 0.29) is 56.9 Å². The molecule has 1 rings (SSSR count). The number of guanidine groups is 1. The summed E-state index contributed by atoms with van der Waals surface area (Å²) < 4.78 is 0. The van der Waals surface area contributed by atoms with Crippen molar-refractivity contribution in [1.82, 2.24) is 68.5 Å². The number of aliphatic hydroxyl groups excluding tert-OH is 5. The van der Waals surface area contributed by atoms with Gasteiger partial charge in [-0.15, -0.1) is 0 Å². The highest BCUT2D eigenvalue weighted by molar-refractivity contribution is 6.01. The number of aliphatic hydroxyl groups is 5. The highest BCUT2D eigenvalue weighted by atomic mass is 16.4. The molecule has 1 heterocycles. The summed E-state index contributed by atoms with van der Waals surface area (Å²) >= 11 is 0. The number of carboxylic acid groups (broad SMARTS) is 1. The van der Waals surface area contributed by atoms with Crippen LogP contribution in [0.2, 0.25) is 0 Å². The first-order chi connectivity index (χ1) is 44.3. The number of nitrogens with two attached hydrogens (primary N) is 5. The number of nitrogens with zero attached hydrogens (tertiary/aromatic N) is 2. The van der Waals surface area contributed by atoms with Gasteiger partial charge in [0.25, 0.3) is 0 Å². The maximum atomic E-state index is 14.2. The molecule has 95 heavy (non-hydrogen) atoms. The summed E-state index contributed by atoms with van der Waals surface area (Å²) in [6, 6.07) is -20.7. The quantitative estimate of drug-likeness (QED) is 0.0164. The number of hydrogen-bond acceptors (Lipinski definition) is 22. The van der Waals surface area contributed by atoms with E-state index in [1.54, 1.807) is 34.6 Å². The van der Waals surface area contributed by atoms with Crippen molar-refractivity contribution >= 4 is 88.7 Å². The van der Waals surface area contributed by atoms with Crippen LogP contribution in [0.3, 0.4) is 0 Å². The standard InChI is InChI=1S/C56H97N19O20/c1-10-25(6)40(72-51(90)37(21-77)71-47(86)34(17-38(58)81)67-45(84)31(12-11-13-63-56(60)61)65-50(89)36(20-76)70-44(83)30(57)16-29-19-62-22-64-29)52(91)74-42(27(8)79)54(93)68-33(15-24(4)5)48(87)73-41(26(7)78)53(92)69-35(18-39(59)82)46(85)66-32(14-23(2)3)49(88)75-43(28(9)80)55(94)95/h19,22-28,30-37,40-43,76-80H,10-18,20-21,57H2,1-9H3,(H2,58,81)(H2,59,82)(H,62,64)(H,65,89)(H,66,85)(H,67,84)(H,68,93)(H,69,92)(H,70,83)(H,71,86)(H,72,90)(H,73,87)(H,74,91)(H,75,88)(H,94,95)(H4,60,61,63)/t25-,26+,27+,28+,30-,31-,32-,33-,34-,35-,36-,37-,40-,41-,42-,43-/m0/s1. The maximum absolute atomic E-state index is 14.2. The van der Waals surface area contributed by atoms with E-state index in [0.29, 0.717) is 5.69 Å². The normalized spacial score (nSPS) is 16.3. The molecule has 0 fully saturated rings. The average molecular weight is 1360 g/mol. The van der Waals surface area contributed by atoms with E-state index in [0.717, 1.165) is 20.8 Å². The summed E-state index contributed by atoms with van der Waals surface area (Å²) in [7, 11) is 0. The third-order valence-corrected chi connectivity index (χ3v) is 14.3. The largest absolute Gasteiger partial charge is 0.480 e. The number of carbonyl (C=O) groups is 14. The highest BCUT2D eigenvalue weighted by Gasteiger charge is 2.40. The molecule has 39 heteroatoms. The lowest BCUT2D eigenvalue weighted by Gasteiger charge is -2.30. The minimum absolute atomic E-state index is 0.00546. The van der Waals surface area contributed by atoms with Crippen LogP contribution in [0.5, 0.6) is 0 Å². The van der Waals surface area contributed by atoms with E-state index < -0.39 is 211 Å². The number of primary amides is 2. The second-order valence-electron chi connectivity index (χ2n) is 23.6. The Kier molecular flexibility index (Phi) is 36.6. The van der Waals surface area contributed by atoms with E-state index >= 15 is 0 Å². The number of aliphatic carboxylic acids is 1. The van der Waals surface area contributed by atoms with Crippen LogP contribution >= 0.6 is 0 Å². The van der Waals surface area contributed by atoms with Crippen LogP contribution in [0.15, 0.2) is 17.5 Å². The Labute approximate surface area is 547 Å². The van der Waals surface area contributed by atoms with Gasteiger partial charge in [-0.05, 0) is 64.2 Å². The lowest BCUT2D eigenvalue weighted by atomic mass is 9.97. The molecule has 0 aromatic carbocycles. The number of aliphatic imine (C=N–C) groups is 1. The summed E-state index contributed by atoms with van der Waals surface area (Å²) in [5.74, 6) is -18.5. The number of hydrogen-bond donors (Lipinski definition) is 23. The lowest BCUT2D eigenvalue weighted by Crippen LogP contribution is -2.64. The van der Waals surface area contributed by atoms with Crippen molar-refractivity contribution in [2.45, 2.75) is 204 Å². The number of H-pyrrole nitrogens is 1. The summed E-state index contributed by atoms with van der Waals surface area (Å²) in [5, 5.41) is 86.6. The smallest absolute Gasteiger partial charge is 0.328 e. The van der Waals surface area contributed by atoms with Crippen LogP contribution in [0.4, 0.5) is 0 Å². The van der Waals surface area contributed by atoms with Crippen molar-refractivity contribution in [3.05, 3.63) is 18.2 Å². The van der Waals surface area contributed by atoms with E-state index in [2.05, 4.69) is 73.4 Å². The van der Waals surface area contributed by atoms with Gasteiger partial charge in [-0.3, -0.25) is 67.3 Å². The van der Waals surface area contributed by atoms with Crippen LogP contribution in [0, 0.1) is 17.8 Å². The first-order valence-corrected chi connectivity index (χ1v) is 30.5. The van der Waals surface area contributed by atoms with E-state index in [4.69, 9.17) is 28.7 Å². The molecule has 0 aliphatic heterocycles. The van der Waals surface area contributed by atoms with Gasteiger partial charge >= 0.3 is 5.97 Å². The topological polar surface area (TPSA) is 664 Å². The Hall–Kier alpha value is -9.18. The maximum Gasteiger partial charge on any atom is 0.328 e. The first kappa shape index (κ1) is 83.8. The average Bonchev–Trinajstić information content (AvgIpc) is 1.28. The number of rotatable bonds is 44. The van der Waals surface area contributed by atoms with Gasteiger partial charge in [-0.1, -0.05) is 48.0 Å². The van der Waals surface area contributed by atoms with Crippen LogP contribution in [0.25, 0.3) is 0 Å². The molecule has 0 unspecified atom stereocenters. The Morgan fingerprint density at radius 3 is 1.23 bits per heavy atom. The predicted octanol–water partition coefficient (Wildman–Crippen LogP) is -10.2. The van der Waals surface area contributed by atoms with Crippen molar-refractivity contribution in [2.75, 3.05) is 19.8 Å². The fourth-order valence-electron chi connectivity index (χ4n) is 8.91. The molecule has 0 bridgehead atoms. The molecule has 39 nitrogen and oxygen atoms in total. The summed E-state index contributed by atoms with van der Waals surface area (Å²) in [6.45, 7) is 10.6. The zero-order chi connectivity index (χ0) is 72.7. The van der Waals surface area contributed by atoms with Crippen LogP contribution in [0.1, 0.15) is 113 Å². The van der Waals surface area contributed by atoms with Gasteiger partial charge in [0.15, 0.2) is 12.0 Å². The molecule has 0 saturated heterocycles. The molecule has 0 saturated carbocycles. The van der Waals surface area contributed by atoms with Gasteiger partial charge in [-0.2, -0.15) is 0 Å². The van der Waals surface area contributed by atoms with Crippen molar-refractivity contribution < 1.29 is 97.8 Å². The van der Waals surface area contributed by atoms with E-state index in [1.165, 1.54) is 19.4 Å². The number of amides is 13. The van der Waals surface area contributed by atoms with Crippen LogP contribution in [-0.4, -0.2) is 240 Å². The molecule has 0 aliphatic rings. The summed E-state index contributed by atoms with van der Waals surface area (Å²) in [5.41, 5.74) is 28.1. The van der Waals surface area contributed by atoms with Crippen LogP contribution < -0.4 is 87.2 Å². The van der Waals surface area contributed by atoms with Crippen molar-refractivity contribution in [2.24, 2.45) is 51.4 Å². The molecule has 0 spiro atoms. The van der Waals surface area contributed by atoms with Gasteiger partial charge in [0.2, 0.25) is 76.8 Å². The second kappa shape index (κ2) is 41.5. The van der Waals surface area contributed by atoms with Crippen LogP contribution in [-0.2, 0) is 73.5 Å². The number of aromatic amines is 1. The monoisotopic (exact) mass is 1360 g/mol. The molecule has 16 atom stereocenters. The predicted molar refractivity (Wildman–Crippen MR) is 334 cm³/mol. The zero-order valence-corrected chi connectivity index (χ0v) is 54.5. The molecule has 1 aromatic rings. The molecule has 0 aliphatic carbocycles. The zero-order valence-electron chi connectivity index (χ0n) is 54.5. The third-order valence-electron chi connectivity index (χ3n) is 14.3. The molecule has 13 amide bonds. The number of carbonyl (C=O) groups excluding carboxylic acids is 13. The van der Waals surface area contributed by atoms with Gasteiger partial charge in [0.1, 0.15) is 60.4 Å². The number of imidazole rings is 1. The minimum atomic E-state index is -1.96. The fourth-order valence-corrected chi connectivity index (χ4v) is 8.91. The van der Waals surface area contributed by atoms with E-state index in [1.807, 2.05) is 0 Å². The first-order valence-electron chi connectivity index (χ1n) is 30.5. The summed E-state index contributed by atoms with van der Waals surface area (Å²) in [6.07, 6.45) is -4.67. The third kappa shape index (κ3) is 30.2. The van der Waals surface area contributed by atoms with Gasteiger partial charge < -0.3 is 123 Å². The summed E-state index contributed by atoms with van der Waals surface area (Å²) in [4.78, 5) is 198. The van der Waals surface area contributed by atoms with E-state index in [9.17, 15) is 97.8 Å². The fraction of sp³-hybridized carbons (Fsp3) is 0.679. The molecular weight excluding hydrogens is 1260 g/mol. The Morgan fingerprint density at radius 2 is 0.832 bits per heavy atom. The highest BCUT2D eigenvalue weighted by Crippen LogP contribution is 2.14. The Bertz CT molecular complexity index is 2800. The molecule has 536 valence electrons. The molecule has 28 N–H and O–H groups in total. The number of nitrogens with one attached hydrogen (secondary N) is 12. The number of aromatic nitrogens is 2. The van der Waals surface area contributed by atoms with Gasteiger partial charge in [-0.25, -0.2) is 9.78 Å².